The van der Waals surface area contributed by atoms with Crippen molar-refractivity contribution >= 4 is 29.5 Å². The first kappa shape index (κ1) is 20.7. The fraction of sp³-hybridized carbons (Fsp3) is 0.300. The van der Waals surface area contributed by atoms with Crippen molar-refractivity contribution in [1.82, 2.24) is 9.97 Å². The first-order chi connectivity index (χ1) is 13.9. The molecule has 3 rings (SSSR count). The molecule has 1 atom stereocenters. The number of H-pyrrole nitrogens is 1. The minimum Gasteiger partial charge on any atom is -0.466 e. The van der Waals surface area contributed by atoms with E-state index in [0.29, 0.717) is 38.9 Å². The van der Waals surface area contributed by atoms with Gasteiger partial charge in [0.25, 0.3) is 5.56 Å². The molecule has 0 saturated carbocycles. The zero-order valence-corrected chi connectivity index (χ0v) is 17.3. The largest absolute Gasteiger partial charge is 0.466 e. The summed E-state index contributed by atoms with van der Waals surface area (Å²) in [7, 11) is 2.59. The van der Waals surface area contributed by atoms with Gasteiger partial charge in [-0.1, -0.05) is 30.8 Å². The smallest absolute Gasteiger partial charge is 0.337 e. The van der Waals surface area contributed by atoms with Gasteiger partial charge < -0.3 is 19.8 Å². The molecule has 2 aromatic rings. The highest BCUT2D eigenvalue weighted by atomic mass is 32.2. The summed E-state index contributed by atoms with van der Waals surface area (Å²) >= 11 is 1.41. The topological polar surface area (TPSA) is 110 Å². The molecule has 1 aliphatic heterocycles. The van der Waals surface area contributed by atoms with Crippen LogP contribution in [0.1, 0.15) is 41.3 Å². The number of carbonyl (C=O) groups is 2. The Morgan fingerprint density at radius 3 is 2.38 bits per heavy atom. The van der Waals surface area contributed by atoms with Crippen molar-refractivity contribution < 1.29 is 19.1 Å². The molecule has 0 fully saturated rings. The Hall–Kier alpha value is -3.07. The van der Waals surface area contributed by atoms with E-state index in [9.17, 15) is 14.4 Å². The number of anilines is 1. The van der Waals surface area contributed by atoms with Crippen molar-refractivity contribution in [3.8, 4) is 0 Å². The molecule has 152 valence electrons. The number of methoxy groups -OCH3 is 2. The van der Waals surface area contributed by atoms with Gasteiger partial charge in [-0.3, -0.25) is 4.79 Å². The molecule has 2 N–H and O–H groups in total. The van der Waals surface area contributed by atoms with E-state index in [0.717, 1.165) is 5.75 Å². The van der Waals surface area contributed by atoms with Crippen LogP contribution in [0.3, 0.4) is 0 Å². The molecule has 0 radical (unpaired) electrons. The number of nitrogens with one attached hydrogen (secondary N) is 2. The molecule has 0 spiro atoms. The van der Waals surface area contributed by atoms with E-state index in [1.54, 1.807) is 31.2 Å². The molecule has 0 aliphatic carbocycles. The van der Waals surface area contributed by atoms with Crippen molar-refractivity contribution in [3.05, 3.63) is 62.6 Å². The Labute approximate surface area is 171 Å². The number of aromatic amines is 1. The number of fused-ring (bicyclic) bond motifs is 1. The Kier molecular flexibility index (Phi) is 6.07. The van der Waals surface area contributed by atoms with E-state index >= 15 is 0 Å². The Morgan fingerprint density at radius 1 is 1.14 bits per heavy atom. The summed E-state index contributed by atoms with van der Waals surface area (Å²) in [6.07, 6.45) is 0. The summed E-state index contributed by atoms with van der Waals surface area (Å²) in [5.74, 6) is -0.557. The highest BCUT2D eigenvalue weighted by Gasteiger charge is 2.36. The van der Waals surface area contributed by atoms with E-state index in [1.807, 2.05) is 6.92 Å². The molecule has 0 bridgehead atoms. The average molecular weight is 415 g/mol. The standard InChI is InChI=1S/C20H21N3O5S/c1-5-29-20-22-16-15(17(24)23-20)14(13(10(2)21-16)19(26)28-4)11-6-8-12(9-7-11)18(25)27-3/h6-9,14H,5H2,1-4H3,(H2,21,22,23,24). The normalized spacial score (nSPS) is 15.4. The molecule has 0 saturated heterocycles. The van der Waals surface area contributed by atoms with Crippen LogP contribution in [0.2, 0.25) is 0 Å². The summed E-state index contributed by atoms with van der Waals surface area (Å²) in [5.41, 5.74) is 1.87. The molecule has 1 aromatic heterocycles. The van der Waals surface area contributed by atoms with Gasteiger partial charge in [0.05, 0.1) is 36.8 Å². The van der Waals surface area contributed by atoms with Gasteiger partial charge in [-0.25, -0.2) is 14.6 Å². The number of carbonyl (C=O) groups excluding carboxylic acids is 2. The highest BCUT2D eigenvalue weighted by Crippen LogP contribution is 2.40. The second-order valence-corrected chi connectivity index (χ2v) is 7.52. The molecule has 1 unspecified atom stereocenters. The van der Waals surface area contributed by atoms with Crippen molar-refractivity contribution in [3.63, 3.8) is 0 Å². The van der Waals surface area contributed by atoms with Crippen LogP contribution in [0, 0.1) is 0 Å². The molecule has 8 nitrogen and oxygen atoms in total. The number of hydrogen-bond donors (Lipinski definition) is 2. The number of benzene rings is 1. The van der Waals surface area contributed by atoms with E-state index in [2.05, 4.69) is 15.3 Å². The van der Waals surface area contributed by atoms with E-state index in [-0.39, 0.29) is 5.56 Å². The van der Waals surface area contributed by atoms with Gasteiger partial charge in [-0.15, -0.1) is 0 Å². The lowest BCUT2D eigenvalue weighted by Crippen LogP contribution is -2.31. The van der Waals surface area contributed by atoms with Gasteiger partial charge in [-0.2, -0.15) is 0 Å². The minimum atomic E-state index is -0.692. The zero-order chi connectivity index (χ0) is 21.1. The zero-order valence-electron chi connectivity index (χ0n) is 16.5. The maximum Gasteiger partial charge on any atom is 0.337 e. The van der Waals surface area contributed by atoms with Crippen LogP contribution < -0.4 is 10.9 Å². The van der Waals surface area contributed by atoms with Crippen molar-refractivity contribution in [2.24, 2.45) is 0 Å². The second kappa shape index (κ2) is 8.52. The monoisotopic (exact) mass is 415 g/mol. The van der Waals surface area contributed by atoms with Gasteiger partial charge in [0, 0.05) is 5.70 Å². The van der Waals surface area contributed by atoms with Crippen molar-refractivity contribution in [2.75, 3.05) is 25.3 Å². The highest BCUT2D eigenvalue weighted by molar-refractivity contribution is 7.99. The number of allylic oxidation sites excluding steroid dienone is 1. The third-order valence-corrected chi connectivity index (χ3v) is 5.33. The van der Waals surface area contributed by atoms with E-state index in [1.165, 1.54) is 26.0 Å². The SMILES string of the molecule is CCSc1nc2c(c(=O)[nH]1)C(c1ccc(C(=O)OC)cc1)C(C(=O)OC)=C(C)N2. The number of ether oxygens (including phenoxy) is 2. The van der Waals surface area contributed by atoms with Crippen LogP contribution in [0.15, 0.2) is 45.5 Å². The van der Waals surface area contributed by atoms with Crippen LogP contribution in [-0.4, -0.2) is 41.9 Å². The molecule has 9 heteroatoms. The number of nitrogens with zero attached hydrogens (tertiary/aromatic N) is 1. The lowest BCUT2D eigenvalue weighted by atomic mass is 9.82. The first-order valence-electron chi connectivity index (χ1n) is 8.92. The van der Waals surface area contributed by atoms with Gasteiger partial charge >= 0.3 is 11.9 Å². The number of hydrogen-bond acceptors (Lipinski definition) is 8. The predicted octanol–water partition coefficient (Wildman–Crippen LogP) is 2.67. The molecule has 1 aromatic carbocycles. The quantitative estimate of drug-likeness (QED) is 0.436. The van der Waals surface area contributed by atoms with Crippen LogP contribution in [-0.2, 0) is 14.3 Å². The molecular formula is C20H21N3O5S. The summed E-state index contributed by atoms with van der Waals surface area (Å²) in [6, 6.07) is 6.57. The van der Waals surface area contributed by atoms with Gasteiger partial charge in [0.15, 0.2) is 5.16 Å². The van der Waals surface area contributed by atoms with Crippen LogP contribution in [0.4, 0.5) is 5.82 Å². The molecule has 2 heterocycles. The van der Waals surface area contributed by atoms with Crippen molar-refractivity contribution in [2.45, 2.75) is 24.9 Å². The number of thioether (sulfide) groups is 1. The molecule has 29 heavy (non-hydrogen) atoms. The number of aromatic nitrogens is 2. The maximum atomic E-state index is 12.9. The number of rotatable bonds is 5. The molecule has 0 amide bonds. The second-order valence-electron chi connectivity index (χ2n) is 6.27. The van der Waals surface area contributed by atoms with E-state index in [4.69, 9.17) is 9.47 Å². The van der Waals surface area contributed by atoms with Gasteiger partial charge in [-0.05, 0) is 30.4 Å². The maximum absolute atomic E-state index is 12.9. The third-order valence-electron chi connectivity index (χ3n) is 4.57. The lowest BCUT2D eigenvalue weighted by molar-refractivity contribution is -0.136. The first-order valence-corrected chi connectivity index (χ1v) is 9.91. The average Bonchev–Trinajstić information content (AvgIpc) is 2.72. The Balaban J connectivity index is 2.20. The summed E-state index contributed by atoms with van der Waals surface area (Å²) in [4.78, 5) is 44.5. The number of esters is 2. The predicted molar refractivity (Wildman–Crippen MR) is 109 cm³/mol. The third kappa shape index (κ3) is 3.91. The minimum absolute atomic E-state index is 0.314. The molecular weight excluding hydrogens is 394 g/mol. The van der Waals surface area contributed by atoms with Crippen molar-refractivity contribution in [1.29, 1.82) is 0 Å². The Morgan fingerprint density at radius 2 is 1.79 bits per heavy atom. The van der Waals surface area contributed by atoms with Crippen LogP contribution in [0.5, 0.6) is 0 Å². The van der Waals surface area contributed by atoms with E-state index < -0.39 is 17.9 Å². The van der Waals surface area contributed by atoms with Gasteiger partial charge in [0.2, 0.25) is 0 Å². The summed E-state index contributed by atoms with van der Waals surface area (Å²) in [6.45, 7) is 3.70. The van der Waals surface area contributed by atoms with Crippen LogP contribution >= 0.6 is 11.8 Å². The van der Waals surface area contributed by atoms with Crippen LogP contribution in [0.25, 0.3) is 0 Å². The fourth-order valence-corrected chi connectivity index (χ4v) is 3.87. The Bertz CT molecular complexity index is 1040. The fourth-order valence-electron chi connectivity index (χ4n) is 3.28. The summed E-state index contributed by atoms with van der Waals surface area (Å²) in [5, 5.41) is 3.56. The summed E-state index contributed by atoms with van der Waals surface area (Å²) < 4.78 is 9.69. The molecule has 1 aliphatic rings. The van der Waals surface area contributed by atoms with Gasteiger partial charge in [0.1, 0.15) is 5.82 Å². The lowest BCUT2D eigenvalue weighted by Gasteiger charge is -2.28.